The van der Waals surface area contributed by atoms with Gasteiger partial charge in [-0.05, 0) is 55.5 Å². The number of imidazole rings is 2. The van der Waals surface area contributed by atoms with Crippen molar-refractivity contribution < 1.29 is 4.39 Å². The van der Waals surface area contributed by atoms with E-state index in [4.69, 9.17) is 9.97 Å². The van der Waals surface area contributed by atoms with Crippen molar-refractivity contribution in [3.05, 3.63) is 102 Å². The number of hydrogen-bond donors (Lipinski definition) is 1. The zero-order valence-corrected chi connectivity index (χ0v) is 19.3. The second kappa shape index (κ2) is 9.11. The highest BCUT2D eigenvalue weighted by Crippen LogP contribution is 2.28. The molecule has 0 fully saturated rings. The molecule has 7 heteroatoms. The largest absolute Gasteiger partial charge is 0.369 e. The van der Waals surface area contributed by atoms with Crippen LogP contribution in [0.2, 0.25) is 0 Å². The van der Waals surface area contributed by atoms with Crippen molar-refractivity contribution in [1.29, 1.82) is 0 Å². The van der Waals surface area contributed by atoms with Gasteiger partial charge in [0, 0.05) is 18.4 Å². The zero-order chi connectivity index (χ0) is 22.8. The molecule has 0 aliphatic rings. The van der Waals surface area contributed by atoms with Crippen molar-refractivity contribution in [3.63, 3.8) is 0 Å². The minimum absolute atomic E-state index is 0.235. The van der Waals surface area contributed by atoms with Crippen molar-refractivity contribution in [2.45, 2.75) is 24.4 Å². The van der Waals surface area contributed by atoms with Crippen LogP contribution in [0.3, 0.4) is 0 Å². The number of fused-ring (bicyclic) bond motifs is 1. The molecule has 166 valence electrons. The van der Waals surface area contributed by atoms with Gasteiger partial charge in [0.2, 0.25) is 0 Å². The maximum atomic E-state index is 13.3. The fourth-order valence-electron chi connectivity index (χ4n) is 3.79. The number of hydrogen-bond acceptors (Lipinski definition) is 4. The Morgan fingerprint density at radius 2 is 1.76 bits per heavy atom. The summed E-state index contributed by atoms with van der Waals surface area (Å²) in [4.78, 5) is 14.9. The second-order valence-electron chi connectivity index (χ2n) is 8.02. The van der Waals surface area contributed by atoms with Crippen LogP contribution in [-0.4, -0.2) is 26.6 Å². The van der Waals surface area contributed by atoms with E-state index in [1.54, 1.807) is 23.9 Å². The monoisotopic (exact) mass is 457 g/mol. The summed E-state index contributed by atoms with van der Waals surface area (Å²) in [6.07, 6.45) is 1.92. The van der Waals surface area contributed by atoms with Gasteiger partial charge in [-0.2, -0.15) is 0 Å². The smallest absolute Gasteiger partial charge is 0.173 e. The van der Waals surface area contributed by atoms with E-state index >= 15 is 0 Å². The molecule has 0 aliphatic carbocycles. The van der Waals surface area contributed by atoms with Crippen molar-refractivity contribution in [1.82, 2.24) is 19.5 Å². The molecule has 0 saturated carbocycles. The molecule has 0 amide bonds. The molecular formula is C26H24FN5S. The number of thioether (sulfide) groups is 1. The van der Waals surface area contributed by atoms with Crippen molar-refractivity contribution >= 4 is 28.5 Å². The molecule has 2 aromatic heterocycles. The number of H-pyrrole nitrogens is 1. The van der Waals surface area contributed by atoms with Crippen molar-refractivity contribution in [2.75, 3.05) is 11.9 Å². The van der Waals surface area contributed by atoms with E-state index in [9.17, 15) is 4.39 Å². The minimum atomic E-state index is -0.235. The third-order valence-electron chi connectivity index (χ3n) is 5.54. The zero-order valence-electron chi connectivity index (χ0n) is 18.5. The van der Waals surface area contributed by atoms with Crippen LogP contribution in [0.25, 0.3) is 16.7 Å². The molecule has 3 aromatic carbocycles. The molecule has 0 bridgehead atoms. The molecule has 1 N–H and O–H groups in total. The summed E-state index contributed by atoms with van der Waals surface area (Å²) in [6.45, 7) is 2.72. The van der Waals surface area contributed by atoms with E-state index in [1.165, 1.54) is 17.7 Å². The van der Waals surface area contributed by atoms with Gasteiger partial charge in [-0.25, -0.2) is 14.4 Å². The number of anilines is 1. The molecule has 5 nitrogen and oxygen atoms in total. The van der Waals surface area contributed by atoms with E-state index < -0.39 is 0 Å². The lowest BCUT2D eigenvalue weighted by atomic mass is 10.2. The molecule has 0 unspecified atom stereocenters. The SMILES string of the molecule is Cc1ccc(-n2c(CN(C)c3ccc(F)cc3)cnc2SCc2nc3ccccc3[nH]2)cc1. The Bertz CT molecular complexity index is 1340. The Kier molecular flexibility index (Phi) is 5.88. The highest BCUT2D eigenvalue weighted by molar-refractivity contribution is 7.98. The lowest BCUT2D eigenvalue weighted by Gasteiger charge is -2.21. The quantitative estimate of drug-likeness (QED) is 0.299. The summed E-state index contributed by atoms with van der Waals surface area (Å²) in [7, 11) is 2.00. The molecule has 0 atom stereocenters. The number of benzene rings is 3. The number of aryl methyl sites for hydroxylation is 1. The Hall–Kier alpha value is -3.58. The van der Waals surface area contributed by atoms with Gasteiger partial charge in [-0.15, -0.1) is 0 Å². The van der Waals surface area contributed by atoms with Gasteiger partial charge in [0.05, 0.1) is 35.2 Å². The van der Waals surface area contributed by atoms with Gasteiger partial charge >= 0.3 is 0 Å². The lowest BCUT2D eigenvalue weighted by Crippen LogP contribution is -2.18. The number of nitrogens with zero attached hydrogens (tertiary/aromatic N) is 4. The lowest BCUT2D eigenvalue weighted by molar-refractivity contribution is 0.627. The average Bonchev–Trinajstić information content (AvgIpc) is 3.42. The Balaban J connectivity index is 1.43. The first-order chi connectivity index (χ1) is 16.1. The molecular weight excluding hydrogens is 433 g/mol. The van der Waals surface area contributed by atoms with Gasteiger partial charge in [-0.3, -0.25) is 4.57 Å². The van der Waals surface area contributed by atoms with Crippen molar-refractivity contribution in [2.24, 2.45) is 0 Å². The van der Waals surface area contributed by atoms with Gasteiger partial charge < -0.3 is 9.88 Å². The van der Waals surface area contributed by atoms with E-state index in [0.717, 1.165) is 39.1 Å². The Morgan fingerprint density at radius 3 is 2.52 bits per heavy atom. The summed E-state index contributed by atoms with van der Waals surface area (Å²) in [5, 5.41) is 0.904. The highest BCUT2D eigenvalue weighted by atomic mass is 32.2. The molecule has 5 aromatic rings. The van der Waals surface area contributed by atoms with Crippen LogP contribution in [0, 0.1) is 12.7 Å². The summed E-state index contributed by atoms with van der Waals surface area (Å²) in [6, 6.07) is 23.0. The van der Waals surface area contributed by atoms with Gasteiger partial charge in [-0.1, -0.05) is 41.6 Å². The first-order valence-electron chi connectivity index (χ1n) is 10.7. The summed E-state index contributed by atoms with van der Waals surface area (Å²) < 4.78 is 15.5. The Morgan fingerprint density at radius 1 is 1.00 bits per heavy atom. The van der Waals surface area contributed by atoms with Crippen LogP contribution in [0.15, 0.2) is 84.1 Å². The Labute approximate surface area is 196 Å². The molecule has 2 heterocycles. The number of para-hydroxylation sites is 2. The van der Waals surface area contributed by atoms with E-state index in [-0.39, 0.29) is 5.82 Å². The molecule has 0 spiro atoms. The summed E-state index contributed by atoms with van der Waals surface area (Å²) in [5.41, 5.74) is 6.28. The fraction of sp³-hybridized carbons (Fsp3) is 0.154. The van der Waals surface area contributed by atoms with Crippen LogP contribution in [0.5, 0.6) is 0 Å². The summed E-state index contributed by atoms with van der Waals surface area (Å²) in [5.74, 6) is 1.37. The normalized spacial score (nSPS) is 11.2. The van der Waals surface area contributed by atoms with E-state index in [2.05, 4.69) is 45.6 Å². The standard InChI is InChI=1S/C26H24FN5S/c1-18-7-11-21(12-8-18)32-22(16-31(2)20-13-9-19(27)10-14-20)15-28-26(32)33-17-25-29-23-5-3-4-6-24(23)30-25/h3-15H,16-17H2,1-2H3,(H,29,30). The second-order valence-corrected chi connectivity index (χ2v) is 8.97. The number of aromatic amines is 1. The maximum absolute atomic E-state index is 13.3. The topological polar surface area (TPSA) is 49.7 Å². The minimum Gasteiger partial charge on any atom is -0.369 e. The number of halogens is 1. The maximum Gasteiger partial charge on any atom is 0.173 e. The predicted octanol–water partition coefficient (Wildman–Crippen LogP) is 6.12. The van der Waals surface area contributed by atoms with Crippen molar-refractivity contribution in [3.8, 4) is 5.69 Å². The van der Waals surface area contributed by atoms with Crippen LogP contribution in [0.4, 0.5) is 10.1 Å². The molecule has 5 rings (SSSR count). The van der Waals surface area contributed by atoms with Gasteiger partial charge in [0.1, 0.15) is 11.6 Å². The number of nitrogens with one attached hydrogen (secondary N) is 1. The van der Waals surface area contributed by atoms with E-state index in [1.807, 2.05) is 37.5 Å². The van der Waals surface area contributed by atoms with Crippen LogP contribution >= 0.6 is 11.8 Å². The first-order valence-corrected chi connectivity index (χ1v) is 11.7. The highest BCUT2D eigenvalue weighted by Gasteiger charge is 2.16. The number of aromatic nitrogens is 4. The van der Waals surface area contributed by atoms with Gasteiger partial charge in [0.25, 0.3) is 0 Å². The molecule has 0 radical (unpaired) electrons. The van der Waals surface area contributed by atoms with Crippen LogP contribution < -0.4 is 4.90 Å². The average molecular weight is 458 g/mol. The fourth-order valence-corrected chi connectivity index (χ4v) is 4.67. The molecule has 0 saturated heterocycles. The molecule has 0 aliphatic heterocycles. The van der Waals surface area contributed by atoms with Crippen LogP contribution in [0.1, 0.15) is 17.1 Å². The molecule has 33 heavy (non-hydrogen) atoms. The summed E-state index contributed by atoms with van der Waals surface area (Å²) >= 11 is 1.65. The van der Waals surface area contributed by atoms with Crippen LogP contribution in [-0.2, 0) is 12.3 Å². The van der Waals surface area contributed by atoms with Gasteiger partial charge in [0.15, 0.2) is 5.16 Å². The number of rotatable bonds is 7. The first kappa shape index (κ1) is 21.3. The third-order valence-corrected chi connectivity index (χ3v) is 6.50. The van der Waals surface area contributed by atoms with E-state index in [0.29, 0.717) is 12.3 Å². The third kappa shape index (κ3) is 4.64. The predicted molar refractivity (Wildman–Crippen MR) is 132 cm³/mol.